The molecule has 0 aromatic carbocycles. The molecule has 18 heavy (non-hydrogen) atoms. The highest BCUT2D eigenvalue weighted by molar-refractivity contribution is 6.17. The zero-order valence-electron chi connectivity index (χ0n) is 10.9. The van der Waals surface area contributed by atoms with E-state index in [-0.39, 0.29) is 6.10 Å². The third-order valence-electron chi connectivity index (χ3n) is 3.59. The molecule has 1 unspecified atom stereocenters. The maximum Gasteiger partial charge on any atom is 0.226 e. The van der Waals surface area contributed by atoms with Crippen LogP contribution in [0.5, 0.6) is 0 Å². The van der Waals surface area contributed by atoms with Crippen molar-refractivity contribution in [2.75, 3.05) is 13.0 Å². The quantitative estimate of drug-likeness (QED) is 0.744. The monoisotopic (exact) mass is 272 g/mol. The van der Waals surface area contributed by atoms with Gasteiger partial charge in [-0.05, 0) is 25.2 Å². The summed E-state index contributed by atoms with van der Waals surface area (Å²) in [5, 5.41) is 4.06. The molecule has 0 spiro atoms. The Hall–Kier alpha value is -0.610. The maximum absolute atomic E-state index is 5.66. The van der Waals surface area contributed by atoms with Crippen molar-refractivity contribution < 1.29 is 9.26 Å². The lowest BCUT2D eigenvalue weighted by atomic mass is 9.85. The van der Waals surface area contributed by atoms with Crippen molar-refractivity contribution in [3.63, 3.8) is 0 Å². The molecule has 102 valence electrons. The molecule has 1 saturated carbocycles. The van der Waals surface area contributed by atoms with Gasteiger partial charge in [-0.25, -0.2) is 0 Å². The molecule has 0 saturated heterocycles. The van der Waals surface area contributed by atoms with E-state index in [1.165, 1.54) is 32.1 Å². The van der Waals surface area contributed by atoms with Crippen LogP contribution in [0.3, 0.4) is 0 Å². The van der Waals surface area contributed by atoms with Crippen LogP contribution in [0.15, 0.2) is 4.52 Å². The summed E-state index contributed by atoms with van der Waals surface area (Å²) in [5.41, 5.74) is 0. The van der Waals surface area contributed by atoms with Gasteiger partial charge >= 0.3 is 0 Å². The van der Waals surface area contributed by atoms with Crippen molar-refractivity contribution in [3.05, 3.63) is 11.7 Å². The summed E-state index contributed by atoms with van der Waals surface area (Å²) in [5.74, 6) is 2.52. The highest BCUT2D eigenvalue weighted by Gasteiger charge is 2.28. The first-order valence-electron chi connectivity index (χ1n) is 6.76. The molecule has 0 aliphatic heterocycles. The number of hydrogen-bond donors (Lipinski definition) is 0. The van der Waals surface area contributed by atoms with Crippen molar-refractivity contribution in [3.8, 4) is 0 Å². The van der Waals surface area contributed by atoms with Crippen LogP contribution in [0.1, 0.15) is 56.3 Å². The molecule has 4 nitrogen and oxygen atoms in total. The number of aromatic nitrogens is 2. The van der Waals surface area contributed by atoms with Crippen molar-refractivity contribution in [2.24, 2.45) is 5.92 Å². The summed E-state index contributed by atoms with van der Waals surface area (Å²) < 4.78 is 10.8. The van der Waals surface area contributed by atoms with E-state index >= 15 is 0 Å². The van der Waals surface area contributed by atoms with Crippen LogP contribution >= 0.6 is 11.6 Å². The van der Waals surface area contributed by atoms with Crippen molar-refractivity contribution in [1.82, 2.24) is 10.1 Å². The molecular formula is C13H21ClN2O2. The molecule has 1 atom stereocenters. The van der Waals surface area contributed by atoms with Gasteiger partial charge < -0.3 is 9.26 Å². The van der Waals surface area contributed by atoms with Gasteiger partial charge in [0.2, 0.25) is 11.7 Å². The van der Waals surface area contributed by atoms with Crippen molar-refractivity contribution >= 4 is 11.6 Å². The fraction of sp³-hybridized carbons (Fsp3) is 0.846. The second-order valence-corrected chi connectivity index (χ2v) is 5.27. The normalized spacial score (nSPS) is 19.0. The largest absolute Gasteiger partial charge is 0.373 e. The number of halogens is 1. The van der Waals surface area contributed by atoms with Gasteiger partial charge in [0.1, 0.15) is 6.10 Å². The summed E-state index contributed by atoms with van der Waals surface area (Å²) in [6.45, 7) is 0. The number of nitrogens with zero attached hydrogens (tertiary/aromatic N) is 2. The Labute approximate surface area is 113 Å². The van der Waals surface area contributed by atoms with Crippen LogP contribution in [0.25, 0.3) is 0 Å². The third-order valence-corrected chi connectivity index (χ3v) is 3.86. The van der Waals surface area contributed by atoms with Gasteiger partial charge in [0.25, 0.3) is 0 Å². The molecule has 1 aromatic rings. The van der Waals surface area contributed by atoms with E-state index in [4.69, 9.17) is 20.9 Å². The standard InChI is InChI=1S/C13H21ClN2O2/c1-17-12(10-6-3-2-4-7-10)13-15-11(18-16-13)8-5-9-14/h10,12H,2-9H2,1H3. The highest BCUT2D eigenvalue weighted by Crippen LogP contribution is 2.35. The van der Waals surface area contributed by atoms with Crippen LogP contribution < -0.4 is 0 Å². The predicted molar refractivity (Wildman–Crippen MR) is 69.7 cm³/mol. The second kappa shape index (κ2) is 7.10. The molecular weight excluding hydrogens is 252 g/mol. The first-order chi connectivity index (χ1) is 8.85. The molecule has 0 radical (unpaired) electrons. The molecule has 1 heterocycles. The van der Waals surface area contributed by atoms with Crippen LogP contribution in [-0.2, 0) is 11.2 Å². The molecule has 0 amide bonds. The second-order valence-electron chi connectivity index (χ2n) is 4.89. The zero-order chi connectivity index (χ0) is 12.8. The number of alkyl halides is 1. The number of hydrogen-bond acceptors (Lipinski definition) is 4. The van der Waals surface area contributed by atoms with Crippen LogP contribution in [0.2, 0.25) is 0 Å². The molecule has 1 aliphatic rings. The van der Waals surface area contributed by atoms with E-state index in [2.05, 4.69) is 10.1 Å². The molecule has 2 rings (SSSR count). The van der Waals surface area contributed by atoms with E-state index in [9.17, 15) is 0 Å². The van der Waals surface area contributed by atoms with E-state index in [1.54, 1.807) is 7.11 Å². The number of rotatable bonds is 6. The van der Waals surface area contributed by atoms with Crippen molar-refractivity contribution in [1.29, 1.82) is 0 Å². The Bertz CT molecular complexity index is 351. The lowest BCUT2D eigenvalue weighted by Gasteiger charge is -2.26. The summed E-state index contributed by atoms with van der Waals surface area (Å²) in [4.78, 5) is 4.43. The van der Waals surface area contributed by atoms with Gasteiger partial charge in [-0.15, -0.1) is 11.6 Å². The summed E-state index contributed by atoms with van der Waals surface area (Å²) in [6.07, 6.45) is 7.89. The number of methoxy groups -OCH3 is 1. The first kappa shape index (κ1) is 13.8. The van der Waals surface area contributed by atoms with Crippen LogP contribution in [-0.4, -0.2) is 23.1 Å². The van der Waals surface area contributed by atoms with Gasteiger partial charge in [-0.2, -0.15) is 4.98 Å². The van der Waals surface area contributed by atoms with Gasteiger partial charge in [-0.1, -0.05) is 24.4 Å². The number of aryl methyl sites for hydroxylation is 1. The van der Waals surface area contributed by atoms with E-state index in [1.807, 2.05) is 0 Å². The van der Waals surface area contributed by atoms with E-state index in [0.717, 1.165) is 12.8 Å². The Morgan fingerprint density at radius 2 is 2.17 bits per heavy atom. The number of ether oxygens (including phenoxy) is 1. The zero-order valence-corrected chi connectivity index (χ0v) is 11.7. The first-order valence-corrected chi connectivity index (χ1v) is 7.30. The van der Waals surface area contributed by atoms with Gasteiger partial charge in [0, 0.05) is 19.4 Å². The topological polar surface area (TPSA) is 48.2 Å². The lowest BCUT2D eigenvalue weighted by molar-refractivity contribution is 0.0273. The Morgan fingerprint density at radius 1 is 1.39 bits per heavy atom. The Balaban J connectivity index is 1.99. The minimum Gasteiger partial charge on any atom is -0.373 e. The van der Waals surface area contributed by atoms with Crippen LogP contribution in [0.4, 0.5) is 0 Å². The van der Waals surface area contributed by atoms with E-state index in [0.29, 0.717) is 23.5 Å². The SMILES string of the molecule is COC(c1noc(CCCCl)n1)C1CCCCC1. The lowest BCUT2D eigenvalue weighted by Crippen LogP contribution is -2.19. The van der Waals surface area contributed by atoms with Gasteiger partial charge in [-0.3, -0.25) is 0 Å². The fourth-order valence-corrected chi connectivity index (χ4v) is 2.78. The summed E-state index contributed by atoms with van der Waals surface area (Å²) in [7, 11) is 1.73. The maximum atomic E-state index is 5.66. The molecule has 5 heteroatoms. The van der Waals surface area contributed by atoms with Gasteiger partial charge in [0.05, 0.1) is 0 Å². The molecule has 1 fully saturated rings. The Morgan fingerprint density at radius 3 is 2.83 bits per heavy atom. The summed E-state index contributed by atoms with van der Waals surface area (Å²) >= 11 is 5.66. The minimum absolute atomic E-state index is 0.0150. The van der Waals surface area contributed by atoms with E-state index < -0.39 is 0 Å². The smallest absolute Gasteiger partial charge is 0.226 e. The Kier molecular flexibility index (Phi) is 5.45. The molecule has 1 aromatic heterocycles. The third kappa shape index (κ3) is 3.45. The highest BCUT2D eigenvalue weighted by atomic mass is 35.5. The average molecular weight is 273 g/mol. The molecule has 0 bridgehead atoms. The fourth-order valence-electron chi connectivity index (χ4n) is 2.65. The molecule has 1 aliphatic carbocycles. The average Bonchev–Trinajstić information content (AvgIpc) is 2.87. The minimum atomic E-state index is -0.0150. The predicted octanol–water partition coefficient (Wildman–Crippen LogP) is 3.51. The van der Waals surface area contributed by atoms with Crippen molar-refractivity contribution in [2.45, 2.75) is 51.0 Å². The van der Waals surface area contributed by atoms with Crippen LogP contribution in [0, 0.1) is 5.92 Å². The summed E-state index contributed by atoms with van der Waals surface area (Å²) in [6, 6.07) is 0. The molecule has 0 N–H and O–H groups in total. The van der Waals surface area contributed by atoms with Gasteiger partial charge in [0.15, 0.2) is 0 Å².